The number of hydrogen-bond acceptors (Lipinski definition) is 3. The van der Waals surface area contributed by atoms with Gasteiger partial charge in [0.05, 0.1) is 11.2 Å². The summed E-state index contributed by atoms with van der Waals surface area (Å²) in [5.41, 5.74) is -0.330. The first-order valence-corrected chi connectivity index (χ1v) is 7.66. The van der Waals surface area contributed by atoms with Gasteiger partial charge in [0, 0.05) is 6.07 Å². The average molecular weight is 314 g/mol. The Hall–Kier alpha value is -1.85. The van der Waals surface area contributed by atoms with Crippen molar-refractivity contribution in [1.82, 2.24) is 0 Å². The molecule has 0 aromatic heterocycles. The van der Waals surface area contributed by atoms with E-state index in [1.165, 1.54) is 12.1 Å². The lowest BCUT2D eigenvalue weighted by atomic mass is 9.79. The zero-order chi connectivity index (χ0) is 16.7. The number of ether oxygens (including phenoxy) is 1. The SMILES string of the molecule is CC1(C)OB(c2cc(F)cc(Oc3ccccc3)c2)OC1(C)C. The maximum absolute atomic E-state index is 14.0. The third-order valence-electron chi connectivity index (χ3n) is 4.40. The van der Waals surface area contributed by atoms with Crippen molar-refractivity contribution >= 4 is 12.6 Å². The smallest absolute Gasteiger partial charge is 0.457 e. The average Bonchev–Trinajstić information content (AvgIpc) is 2.68. The molecule has 0 amide bonds. The molecule has 0 saturated carbocycles. The van der Waals surface area contributed by atoms with Crippen LogP contribution in [-0.4, -0.2) is 18.3 Å². The van der Waals surface area contributed by atoms with E-state index < -0.39 is 18.3 Å². The second kappa shape index (κ2) is 5.66. The maximum Gasteiger partial charge on any atom is 0.495 e. The Morgan fingerprint density at radius 3 is 2.09 bits per heavy atom. The summed E-state index contributed by atoms with van der Waals surface area (Å²) >= 11 is 0. The van der Waals surface area contributed by atoms with Crippen LogP contribution >= 0.6 is 0 Å². The molecule has 0 atom stereocenters. The molecule has 2 aromatic rings. The highest BCUT2D eigenvalue weighted by molar-refractivity contribution is 6.62. The molecule has 0 unspecified atom stereocenters. The maximum atomic E-state index is 14.0. The van der Waals surface area contributed by atoms with Gasteiger partial charge in [0.25, 0.3) is 0 Å². The first-order chi connectivity index (χ1) is 10.8. The van der Waals surface area contributed by atoms with Crippen molar-refractivity contribution in [3.63, 3.8) is 0 Å². The number of hydrogen-bond donors (Lipinski definition) is 0. The first kappa shape index (κ1) is 16.0. The van der Waals surface area contributed by atoms with E-state index in [0.717, 1.165) is 0 Å². The molecule has 23 heavy (non-hydrogen) atoms. The van der Waals surface area contributed by atoms with Crippen molar-refractivity contribution in [2.24, 2.45) is 0 Å². The van der Waals surface area contributed by atoms with Crippen molar-refractivity contribution in [3.8, 4) is 11.5 Å². The van der Waals surface area contributed by atoms with Gasteiger partial charge in [-0.05, 0) is 57.4 Å². The van der Waals surface area contributed by atoms with Crippen LogP contribution in [0.5, 0.6) is 11.5 Å². The highest BCUT2D eigenvalue weighted by Gasteiger charge is 2.51. The van der Waals surface area contributed by atoms with Crippen LogP contribution < -0.4 is 10.2 Å². The fourth-order valence-electron chi connectivity index (χ4n) is 2.38. The zero-order valence-corrected chi connectivity index (χ0v) is 13.8. The molecular weight excluding hydrogens is 294 g/mol. The van der Waals surface area contributed by atoms with E-state index in [-0.39, 0.29) is 5.82 Å². The van der Waals surface area contributed by atoms with Crippen molar-refractivity contribution in [2.75, 3.05) is 0 Å². The molecule has 120 valence electrons. The summed E-state index contributed by atoms with van der Waals surface area (Å²) in [5.74, 6) is 0.682. The van der Waals surface area contributed by atoms with E-state index in [4.69, 9.17) is 14.0 Å². The Morgan fingerprint density at radius 1 is 0.870 bits per heavy atom. The highest BCUT2D eigenvalue weighted by atomic mass is 19.1. The van der Waals surface area contributed by atoms with Gasteiger partial charge in [-0.2, -0.15) is 0 Å². The lowest BCUT2D eigenvalue weighted by Crippen LogP contribution is -2.41. The standard InChI is InChI=1S/C18H20BFO3/c1-17(2)18(3,4)23-19(22-17)13-10-14(20)12-16(11-13)21-15-8-6-5-7-9-15/h5-12H,1-4H3. The lowest BCUT2D eigenvalue weighted by molar-refractivity contribution is 0.00578. The highest BCUT2D eigenvalue weighted by Crippen LogP contribution is 2.36. The van der Waals surface area contributed by atoms with E-state index >= 15 is 0 Å². The largest absolute Gasteiger partial charge is 0.495 e. The molecule has 3 rings (SSSR count). The van der Waals surface area contributed by atoms with Crippen molar-refractivity contribution < 1.29 is 18.4 Å². The molecular formula is C18H20BFO3. The summed E-state index contributed by atoms with van der Waals surface area (Å²) in [7, 11) is -0.617. The molecule has 1 saturated heterocycles. The Kier molecular flexibility index (Phi) is 3.94. The van der Waals surface area contributed by atoms with Crippen molar-refractivity contribution in [1.29, 1.82) is 0 Å². The third kappa shape index (κ3) is 3.26. The van der Waals surface area contributed by atoms with Crippen LogP contribution in [0.3, 0.4) is 0 Å². The van der Waals surface area contributed by atoms with Crippen LogP contribution in [0.2, 0.25) is 0 Å². The Bertz CT molecular complexity index is 685. The van der Waals surface area contributed by atoms with E-state index in [2.05, 4.69) is 0 Å². The summed E-state index contributed by atoms with van der Waals surface area (Å²) in [6, 6.07) is 13.8. The molecule has 1 fully saturated rings. The molecule has 0 bridgehead atoms. The summed E-state index contributed by atoms with van der Waals surface area (Å²) in [6.07, 6.45) is 0. The molecule has 1 aliphatic rings. The number of halogens is 1. The van der Waals surface area contributed by atoms with Gasteiger partial charge >= 0.3 is 7.12 Å². The van der Waals surface area contributed by atoms with E-state index in [1.807, 2.05) is 58.0 Å². The molecule has 1 heterocycles. The van der Waals surface area contributed by atoms with Crippen LogP contribution in [0.25, 0.3) is 0 Å². The van der Waals surface area contributed by atoms with Gasteiger partial charge in [0.15, 0.2) is 0 Å². The monoisotopic (exact) mass is 314 g/mol. The quantitative estimate of drug-likeness (QED) is 0.804. The second-order valence-electron chi connectivity index (χ2n) is 6.72. The summed E-state index contributed by atoms with van der Waals surface area (Å²) in [4.78, 5) is 0. The van der Waals surface area contributed by atoms with Gasteiger partial charge in [0.1, 0.15) is 17.3 Å². The molecule has 0 spiro atoms. The molecule has 0 radical (unpaired) electrons. The lowest BCUT2D eigenvalue weighted by Gasteiger charge is -2.32. The van der Waals surface area contributed by atoms with E-state index in [9.17, 15) is 4.39 Å². The van der Waals surface area contributed by atoms with Gasteiger partial charge in [0.2, 0.25) is 0 Å². The molecule has 1 aliphatic heterocycles. The van der Waals surface area contributed by atoms with E-state index in [1.54, 1.807) is 6.07 Å². The van der Waals surface area contributed by atoms with Gasteiger partial charge < -0.3 is 14.0 Å². The number of para-hydroxylation sites is 1. The zero-order valence-electron chi connectivity index (χ0n) is 13.8. The first-order valence-electron chi connectivity index (χ1n) is 7.66. The summed E-state index contributed by atoms with van der Waals surface area (Å²) in [5, 5.41) is 0. The van der Waals surface area contributed by atoms with Gasteiger partial charge in [-0.25, -0.2) is 4.39 Å². The molecule has 0 aliphatic carbocycles. The van der Waals surface area contributed by atoms with Crippen LogP contribution in [-0.2, 0) is 9.31 Å². The fraction of sp³-hybridized carbons (Fsp3) is 0.333. The Balaban J connectivity index is 1.87. The third-order valence-corrected chi connectivity index (χ3v) is 4.40. The van der Waals surface area contributed by atoms with Gasteiger partial charge in [-0.3, -0.25) is 0 Å². The van der Waals surface area contributed by atoms with Crippen molar-refractivity contribution in [3.05, 3.63) is 54.3 Å². The van der Waals surface area contributed by atoms with E-state index in [0.29, 0.717) is 17.0 Å². The molecule has 5 heteroatoms. The fourth-order valence-corrected chi connectivity index (χ4v) is 2.38. The number of rotatable bonds is 3. The van der Waals surface area contributed by atoms with Gasteiger partial charge in [-0.15, -0.1) is 0 Å². The molecule has 0 N–H and O–H groups in total. The predicted molar refractivity (Wildman–Crippen MR) is 88.6 cm³/mol. The minimum atomic E-state index is -0.617. The summed E-state index contributed by atoms with van der Waals surface area (Å²) < 4.78 is 31.6. The predicted octanol–water partition coefficient (Wildman–Crippen LogP) is 3.92. The van der Waals surface area contributed by atoms with Crippen molar-refractivity contribution in [2.45, 2.75) is 38.9 Å². The van der Waals surface area contributed by atoms with Crippen LogP contribution in [0, 0.1) is 5.82 Å². The topological polar surface area (TPSA) is 27.7 Å². The Morgan fingerprint density at radius 2 is 1.48 bits per heavy atom. The second-order valence-corrected chi connectivity index (χ2v) is 6.72. The minimum Gasteiger partial charge on any atom is -0.457 e. The van der Waals surface area contributed by atoms with Crippen LogP contribution in [0.15, 0.2) is 48.5 Å². The summed E-state index contributed by atoms with van der Waals surface area (Å²) in [6.45, 7) is 7.86. The minimum absolute atomic E-state index is 0.386. The molecule has 2 aromatic carbocycles. The van der Waals surface area contributed by atoms with Crippen LogP contribution in [0.1, 0.15) is 27.7 Å². The van der Waals surface area contributed by atoms with Gasteiger partial charge in [-0.1, -0.05) is 18.2 Å². The number of benzene rings is 2. The van der Waals surface area contributed by atoms with Crippen LogP contribution in [0.4, 0.5) is 4.39 Å². The Labute approximate surface area is 136 Å². The normalized spacial score (nSPS) is 18.9. The molecule has 3 nitrogen and oxygen atoms in total.